The third kappa shape index (κ3) is 1.63. The number of likely N-dealkylation sites (tertiary alicyclic amines) is 1. The van der Waals surface area contributed by atoms with Crippen LogP contribution in [0.5, 0.6) is 0 Å². The van der Waals surface area contributed by atoms with Crippen molar-refractivity contribution >= 4 is 0 Å². The molecule has 0 radical (unpaired) electrons. The molecule has 0 saturated carbocycles. The second kappa shape index (κ2) is 2.62. The number of alkyl halides is 1. The molecule has 0 amide bonds. The topological polar surface area (TPSA) is 23.5 Å². The molecule has 0 bridgehead atoms. The molecule has 2 atom stereocenters. The van der Waals surface area contributed by atoms with Crippen molar-refractivity contribution in [2.45, 2.75) is 25.2 Å². The quantitative estimate of drug-likeness (QED) is 0.516. The number of piperidine rings is 1. The summed E-state index contributed by atoms with van der Waals surface area (Å²) in [6.45, 7) is 0.669. The zero-order valence-corrected chi connectivity index (χ0v) is 5.55. The number of hydrogen-bond donors (Lipinski definition) is 1. The molecule has 0 spiro atoms. The van der Waals surface area contributed by atoms with Gasteiger partial charge in [-0.3, -0.25) is 4.90 Å². The predicted molar refractivity (Wildman–Crippen MR) is 32.8 cm³/mol. The summed E-state index contributed by atoms with van der Waals surface area (Å²) >= 11 is 0. The van der Waals surface area contributed by atoms with Crippen molar-refractivity contribution in [2.24, 2.45) is 0 Å². The Morgan fingerprint density at radius 1 is 1.67 bits per heavy atom. The first-order valence-electron chi connectivity index (χ1n) is 3.22. The molecule has 1 heterocycles. The molecular weight excluding hydrogens is 121 g/mol. The molecule has 3 heteroatoms. The number of nitrogens with zero attached hydrogens (tertiary/aromatic N) is 1. The highest BCUT2D eigenvalue weighted by Gasteiger charge is 2.23. The minimum absolute atomic E-state index is 0.274. The van der Waals surface area contributed by atoms with E-state index >= 15 is 0 Å². The van der Waals surface area contributed by atoms with Gasteiger partial charge in [0, 0.05) is 13.0 Å². The van der Waals surface area contributed by atoms with E-state index in [0.717, 1.165) is 0 Å². The average molecular weight is 133 g/mol. The number of hydrogen-bond acceptors (Lipinski definition) is 2. The largest absolute Gasteiger partial charge is 0.378 e. The SMILES string of the molecule is CN1CC[C@@H](F)CC1O. The van der Waals surface area contributed by atoms with Gasteiger partial charge in [0.2, 0.25) is 0 Å². The van der Waals surface area contributed by atoms with Crippen LogP contribution in [0.1, 0.15) is 12.8 Å². The van der Waals surface area contributed by atoms with E-state index in [-0.39, 0.29) is 6.42 Å². The fourth-order valence-corrected chi connectivity index (χ4v) is 1.02. The van der Waals surface area contributed by atoms with Crippen molar-refractivity contribution in [3.05, 3.63) is 0 Å². The summed E-state index contributed by atoms with van der Waals surface area (Å²) in [6.07, 6.45) is -0.519. The lowest BCUT2D eigenvalue weighted by molar-refractivity contribution is -0.0328. The summed E-state index contributed by atoms with van der Waals surface area (Å²) in [7, 11) is 1.80. The van der Waals surface area contributed by atoms with Crippen molar-refractivity contribution in [1.82, 2.24) is 4.90 Å². The van der Waals surface area contributed by atoms with E-state index < -0.39 is 12.4 Å². The minimum Gasteiger partial charge on any atom is -0.378 e. The van der Waals surface area contributed by atoms with E-state index in [1.807, 2.05) is 0 Å². The zero-order valence-electron chi connectivity index (χ0n) is 5.55. The fourth-order valence-electron chi connectivity index (χ4n) is 1.02. The van der Waals surface area contributed by atoms with Gasteiger partial charge in [-0.2, -0.15) is 0 Å². The summed E-state index contributed by atoms with van der Waals surface area (Å²) < 4.78 is 12.4. The molecule has 9 heavy (non-hydrogen) atoms. The third-order valence-corrected chi connectivity index (χ3v) is 1.77. The van der Waals surface area contributed by atoms with Gasteiger partial charge in [-0.1, -0.05) is 0 Å². The van der Waals surface area contributed by atoms with Gasteiger partial charge >= 0.3 is 0 Å². The van der Waals surface area contributed by atoms with Gasteiger partial charge in [-0.05, 0) is 13.5 Å². The molecule has 1 rings (SSSR count). The van der Waals surface area contributed by atoms with Gasteiger partial charge < -0.3 is 5.11 Å². The zero-order chi connectivity index (χ0) is 6.85. The third-order valence-electron chi connectivity index (χ3n) is 1.77. The Balaban J connectivity index is 2.35. The summed E-state index contributed by atoms with van der Waals surface area (Å²) in [6, 6.07) is 0. The van der Waals surface area contributed by atoms with Crippen molar-refractivity contribution in [1.29, 1.82) is 0 Å². The molecule has 0 aromatic carbocycles. The molecule has 1 saturated heterocycles. The molecule has 1 fully saturated rings. The molecule has 1 aliphatic rings. The maximum absolute atomic E-state index is 12.4. The lowest BCUT2D eigenvalue weighted by atomic mass is 10.1. The smallest absolute Gasteiger partial charge is 0.109 e. The maximum Gasteiger partial charge on any atom is 0.109 e. The first-order chi connectivity index (χ1) is 4.20. The molecule has 1 aliphatic heterocycles. The highest BCUT2D eigenvalue weighted by atomic mass is 19.1. The van der Waals surface area contributed by atoms with Crippen LogP contribution in [0.3, 0.4) is 0 Å². The highest BCUT2D eigenvalue weighted by Crippen LogP contribution is 2.15. The van der Waals surface area contributed by atoms with Crippen LogP contribution < -0.4 is 0 Å². The molecule has 1 N–H and O–H groups in total. The Hall–Kier alpha value is -0.150. The van der Waals surface area contributed by atoms with Crippen molar-refractivity contribution in [3.8, 4) is 0 Å². The summed E-state index contributed by atoms with van der Waals surface area (Å²) in [5.41, 5.74) is 0. The van der Waals surface area contributed by atoms with E-state index in [1.54, 1.807) is 11.9 Å². The summed E-state index contributed by atoms with van der Waals surface area (Å²) in [4.78, 5) is 1.76. The first-order valence-corrected chi connectivity index (χ1v) is 3.22. The molecule has 1 unspecified atom stereocenters. The van der Waals surface area contributed by atoms with Crippen LogP contribution >= 0.6 is 0 Å². The van der Waals surface area contributed by atoms with Crippen LogP contribution in [0.4, 0.5) is 4.39 Å². The van der Waals surface area contributed by atoms with E-state index in [9.17, 15) is 4.39 Å². The van der Waals surface area contributed by atoms with Crippen molar-refractivity contribution in [3.63, 3.8) is 0 Å². The van der Waals surface area contributed by atoms with Crippen molar-refractivity contribution in [2.75, 3.05) is 13.6 Å². The number of aliphatic hydroxyl groups excluding tert-OH is 1. The monoisotopic (exact) mass is 133 g/mol. The minimum atomic E-state index is -0.795. The second-order valence-electron chi connectivity index (χ2n) is 2.58. The average Bonchev–Trinajstić information content (AvgIpc) is 1.80. The number of aliphatic hydroxyl groups is 1. The van der Waals surface area contributed by atoms with E-state index in [1.165, 1.54) is 0 Å². The van der Waals surface area contributed by atoms with Gasteiger partial charge in [0.15, 0.2) is 0 Å². The Bertz CT molecular complexity index is 99.1. The molecular formula is C6H12FNO. The second-order valence-corrected chi connectivity index (χ2v) is 2.58. The lowest BCUT2D eigenvalue weighted by Crippen LogP contribution is -2.40. The molecule has 0 aromatic heterocycles. The van der Waals surface area contributed by atoms with E-state index in [2.05, 4.69) is 0 Å². The first kappa shape index (κ1) is 6.96. The van der Waals surface area contributed by atoms with Crippen LogP contribution in [-0.4, -0.2) is 36.0 Å². The Kier molecular flexibility index (Phi) is 2.03. The van der Waals surface area contributed by atoms with Gasteiger partial charge in [0.25, 0.3) is 0 Å². The van der Waals surface area contributed by atoms with Crippen molar-refractivity contribution < 1.29 is 9.50 Å². The highest BCUT2D eigenvalue weighted by molar-refractivity contribution is 4.71. The van der Waals surface area contributed by atoms with Crippen LogP contribution in [-0.2, 0) is 0 Å². The molecule has 0 aromatic rings. The Morgan fingerprint density at radius 2 is 2.33 bits per heavy atom. The lowest BCUT2D eigenvalue weighted by Gasteiger charge is -2.29. The van der Waals surface area contributed by atoms with Gasteiger partial charge in [0.1, 0.15) is 12.4 Å². The maximum atomic E-state index is 12.4. The predicted octanol–water partition coefficient (Wildman–Crippen LogP) is 0.369. The molecule has 2 nitrogen and oxygen atoms in total. The van der Waals surface area contributed by atoms with Gasteiger partial charge in [-0.25, -0.2) is 4.39 Å². The summed E-state index contributed by atoms with van der Waals surface area (Å²) in [5, 5.41) is 9.03. The van der Waals surface area contributed by atoms with Crippen LogP contribution in [0.2, 0.25) is 0 Å². The van der Waals surface area contributed by atoms with Crippen LogP contribution in [0, 0.1) is 0 Å². The number of rotatable bonds is 0. The standard InChI is InChI=1S/C6H12FNO/c1-8-3-2-5(7)4-6(8)9/h5-6,9H,2-4H2,1H3/t5-,6?/m1/s1. The summed E-state index contributed by atoms with van der Waals surface area (Å²) in [5.74, 6) is 0. The Labute approximate surface area is 54.3 Å². The van der Waals surface area contributed by atoms with E-state index in [4.69, 9.17) is 5.11 Å². The van der Waals surface area contributed by atoms with Gasteiger partial charge in [0.05, 0.1) is 0 Å². The molecule has 0 aliphatic carbocycles. The van der Waals surface area contributed by atoms with Crippen LogP contribution in [0.15, 0.2) is 0 Å². The normalized spacial score (nSPS) is 39.0. The number of halogens is 1. The molecule has 54 valence electrons. The fraction of sp³-hybridized carbons (Fsp3) is 1.00. The van der Waals surface area contributed by atoms with Crippen LogP contribution in [0.25, 0.3) is 0 Å². The van der Waals surface area contributed by atoms with Gasteiger partial charge in [-0.15, -0.1) is 0 Å². The Morgan fingerprint density at radius 3 is 2.78 bits per heavy atom. The van der Waals surface area contributed by atoms with E-state index in [0.29, 0.717) is 13.0 Å².